The molecule has 0 saturated carbocycles. The van der Waals surface area contributed by atoms with Crippen LogP contribution in [0.3, 0.4) is 0 Å². The maximum absolute atomic E-state index is 13.2. The summed E-state index contributed by atoms with van der Waals surface area (Å²) >= 11 is 0. The monoisotopic (exact) mass is 603 g/mol. The minimum atomic E-state index is -0.474. The van der Waals surface area contributed by atoms with Gasteiger partial charge in [-0.1, -0.05) is 42.5 Å². The molecule has 44 heavy (non-hydrogen) atoms. The molecule has 0 aliphatic carbocycles. The minimum absolute atomic E-state index is 0.0155. The second kappa shape index (κ2) is 14.4. The lowest BCUT2D eigenvalue weighted by atomic mass is 9.85. The van der Waals surface area contributed by atoms with E-state index in [0.717, 1.165) is 49.3 Å². The van der Waals surface area contributed by atoms with Crippen molar-refractivity contribution in [1.82, 2.24) is 14.7 Å². The Morgan fingerprint density at radius 2 is 1.77 bits per heavy atom. The average Bonchev–Trinajstić information content (AvgIpc) is 3.71. The highest BCUT2D eigenvalue weighted by molar-refractivity contribution is 5.87. The normalized spacial score (nSPS) is 22.1. The summed E-state index contributed by atoms with van der Waals surface area (Å²) in [6, 6.07) is 19.6. The van der Waals surface area contributed by atoms with Gasteiger partial charge in [0.05, 0.1) is 31.9 Å². The van der Waals surface area contributed by atoms with Crippen molar-refractivity contribution >= 4 is 11.9 Å². The molecule has 10 heteroatoms. The van der Waals surface area contributed by atoms with Gasteiger partial charge in [0.2, 0.25) is 0 Å². The van der Waals surface area contributed by atoms with E-state index in [1.165, 1.54) is 0 Å². The van der Waals surface area contributed by atoms with Crippen LogP contribution in [-0.4, -0.2) is 78.5 Å². The molecule has 2 atom stereocenters. The molecule has 5 heterocycles. The summed E-state index contributed by atoms with van der Waals surface area (Å²) in [6.07, 6.45) is 3.56. The van der Waals surface area contributed by atoms with E-state index in [-0.39, 0.29) is 49.6 Å². The number of aryl methyl sites for hydroxylation is 1. The lowest BCUT2D eigenvalue weighted by Crippen LogP contribution is -2.52. The molecule has 0 amide bonds. The predicted octanol–water partition coefficient (Wildman–Crippen LogP) is 4.47. The van der Waals surface area contributed by atoms with Gasteiger partial charge in [-0.05, 0) is 67.6 Å². The first-order valence-electron chi connectivity index (χ1n) is 15.6. The second-order valence-corrected chi connectivity index (χ2v) is 11.8. The van der Waals surface area contributed by atoms with E-state index >= 15 is 0 Å². The fourth-order valence-corrected chi connectivity index (χ4v) is 6.32. The number of fused-ring (bicyclic) bond motifs is 3. The molecule has 2 aromatic carbocycles. The molecule has 4 fully saturated rings. The number of carbonyl (C=O) groups is 2. The summed E-state index contributed by atoms with van der Waals surface area (Å²) in [4.78, 5) is 28.2. The van der Waals surface area contributed by atoms with E-state index in [4.69, 9.17) is 23.7 Å². The third kappa shape index (κ3) is 7.67. The zero-order valence-corrected chi connectivity index (χ0v) is 25.3. The summed E-state index contributed by atoms with van der Waals surface area (Å²) in [5.74, 6) is 0.322. The van der Waals surface area contributed by atoms with Crippen LogP contribution in [-0.2, 0) is 37.4 Å². The summed E-state index contributed by atoms with van der Waals surface area (Å²) in [5.41, 5.74) is 2.99. The Bertz CT molecular complexity index is 1400. The Labute approximate surface area is 258 Å². The lowest BCUT2D eigenvalue weighted by molar-refractivity contribution is -0.159. The molecule has 4 aliphatic heterocycles. The van der Waals surface area contributed by atoms with Gasteiger partial charge in [-0.2, -0.15) is 5.10 Å². The summed E-state index contributed by atoms with van der Waals surface area (Å²) in [6.45, 7) is 4.75. The highest BCUT2D eigenvalue weighted by atomic mass is 16.7. The lowest BCUT2D eigenvalue weighted by Gasteiger charge is -2.44. The fraction of sp³-hybridized carbons (Fsp3) is 0.500. The van der Waals surface area contributed by atoms with Crippen molar-refractivity contribution in [2.24, 2.45) is 13.0 Å². The van der Waals surface area contributed by atoms with Crippen molar-refractivity contribution < 1.29 is 33.3 Å². The number of carbonyl (C=O) groups excluding carboxylic acids is 2. The van der Waals surface area contributed by atoms with Gasteiger partial charge in [0.25, 0.3) is 0 Å². The Morgan fingerprint density at radius 3 is 2.52 bits per heavy atom. The van der Waals surface area contributed by atoms with E-state index in [1.54, 1.807) is 17.8 Å². The van der Waals surface area contributed by atoms with Crippen LogP contribution in [0.5, 0.6) is 5.75 Å². The standard InChI is InChI=1S/C34H41N3O7/c1-36-27(20-30(35-36)34(39)42-16-6-11-33-40-17-18-41-33)23-43-28-10-5-9-26(19-28)29(24-7-3-2-4-8-24)21-32(38)44-31-22-37-14-12-25(31)13-15-37/h2-5,7-10,19-20,25,29,31,33H,6,11-18,21-23H2,1H3/t29-,31-/m0/s1. The highest BCUT2D eigenvalue weighted by Crippen LogP contribution is 2.33. The van der Waals surface area contributed by atoms with Crippen LogP contribution >= 0.6 is 0 Å². The number of benzene rings is 2. The van der Waals surface area contributed by atoms with Gasteiger partial charge in [0.15, 0.2) is 12.0 Å². The Morgan fingerprint density at radius 1 is 1.00 bits per heavy atom. The molecule has 0 N–H and O–H groups in total. The van der Waals surface area contributed by atoms with Crippen molar-refractivity contribution in [2.45, 2.75) is 57.0 Å². The molecule has 0 spiro atoms. The highest BCUT2D eigenvalue weighted by Gasteiger charge is 2.37. The maximum Gasteiger partial charge on any atom is 0.358 e. The Hall–Kier alpha value is -3.73. The van der Waals surface area contributed by atoms with Gasteiger partial charge >= 0.3 is 11.9 Å². The smallest absolute Gasteiger partial charge is 0.358 e. The van der Waals surface area contributed by atoms with Gasteiger partial charge < -0.3 is 23.7 Å². The summed E-state index contributed by atoms with van der Waals surface area (Å²) < 4.78 is 30.0. The summed E-state index contributed by atoms with van der Waals surface area (Å²) in [5, 5.41) is 4.32. The van der Waals surface area contributed by atoms with E-state index in [0.29, 0.717) is 37.7 Å². The molecule has 4 saturated heterocycles. The first kappa shape index (κ1) is 30.3. The van der Waals surface area contributed by atoms with Crippen LogP contribution in [0.1, 0.15) is 65.3 Å². The number of rotatable bonds is 13. The molecule has 4 aliphatic rings. The molecule has 2 bridgehead atoms. The molecule has 7 rings (SSSR count). The number of nitrogens with zero attached hydrogens (tertiary/aromatic N) is 3. The van der Waals surface area contributed by atoms with Gasteiger partial charge in [0, 0.05) is 25.9 Å². The zero-order valence-electron chi connectivity index (χ0n) is 25.3. The molecule has 0 radical (unpaired) electrons. The van der Waals surface area contributed by atoms with Crippen molar-refractivity contribution in [1.29, 1.82) is 0 Å². The number of piperidine rings is 3. The van der Waals surface area contributed by atoms with Gasteiger partial charge in [-0.3, -0.25) is 14.4 Å². The van der Waals surface area contributed by atoms with Crippen molar-refractivity contribution in [3.8, 4) is 5.75 Å². The van der Waals surface area contributed by atoms with Crippen LogP contribution in [0.15, 0.2) is 60.7 Å². The number of aromatic nitrogens is 2. The number of hydrogen-bond donors (Lipinski definition) is 0. The Balaban J connectivity index is 1.06. The molecule has 3 aromatic rings. The third-order valence-electron chi connectivity index (χ3n) is 8.79. The second-order valence-electron chi connectivity index (χ2n) is 11.8. The predicted molar refractivity (Wildman–Crippen MR) is 161 cm³/mol. The Kier molecular flexibility index (Phi) is 9.89. The third-order valence-corrected chi connectivity index (χ3v) is 8.79. The topological polar surface area (TPSA) is 101 Å². The molecule has 10 nitrogen and oxygen atoms in total. The van der Waals surface area contributed by atoms with Crippen molar-refractivity contribution in [3.05, 3.63) is 83.2 Å². The van der Waals surface area contributed by atoms with E-state index < -0.39 is 5.97 Å². The van der Waals surface area contributed by atoms with E-state index in [9.17, 15) is 9.59 Å². The van der Waals surface area contributed by atoms with Crippen molar-refractivity contribution in [3.63, 3.8) is 0 Å². The van der Waals surface area contributed by atoms with Gasteiger partial charge in [0.1, 0.15) is 18.5 Å². The number of hydrogen-bond acceptors (Lipinski definition) is 9. The quantitative estimate of drug-likeness (QED) is 0.207. The zero-order chi connectivity index (χ0) is 30.3. The van der Waals surface area contributed by atoms with E-state index in [2.05, 4.69) is 10.00 Å². The first-order chi connectivity index (χ1) is 21.5. The molecule has 234 valence electrons. The van der Waals surface area contributed by atoms with E-state index in [1.807, 2.05) is 54.6 Å². The minimum Gasteiger partial charge on any atom is -0.487 e. The summed E-state index contributed by atoms with van der Waals surface area (Å²) in [7, 11) is 1.77. The van der Waals surface area contributed by atoms with Crippen LogP contribution in [0.25, 0.3) is 0 Å². The number of ether oxygens (including phenoxy) is 5. The molecule has 0 unspecified atom stereocenters. The van der Waals surface area contributed by atoms with Gasteiger partial charge in [-0.25, -0.2) is 4.79 Å². The van der Waals surface area contributed by atoms with Crippen LogP contribution in [0.4, 0.5) is 0 Å². The largest absolute Gasteiger partial charge is 0.487 e. The maximum atomic E-state index is 13.2. The van der Waals surface area contributed by atoms with Crippen LogP contribution in [0, 0.1) is 5.92 Å². The van der Waals surface area contributed by atoms with Crippen LogP contribution < -0.4 is 4.74 Å². The molecule has 1 aromatic heterocycles. The SMILES string of the molecule is Cn1nc(C(=O)OCCCC2OCCO2)cc1COc1cccc([C@@H](CC(=O)O[C@H]2CN3CCC2CC3)c2ccccc2)c1. The average molecular weight is 604 g/mol. The molecular formula is C34H41N3O7. The fourth-order valence-electron chi connectivity index (χ4n) is 6.32. The first-order valence-corrected chi connectivity index (χ1v) is 15.6. The molecular weight excluding hydrogens is 562 g/mol. The van der Waals surface area contributed by atoms with Gasteiger partial charge in [-0.15, -0.1) is 0 Å². The van der Waals surface area contributed by atoms with Crippen molar-refractivity contribution in [2.75, 3.05) is 39.5 Å². The number of esters is 2. The van der Waals surface area contributed by atoms with Crippen LogP contribution in [0.2, 0.25) is 0 Å².